The first kappa shape index (κ1) is 16.5. The summed E-state index contributed by atoms with van der Waals surface area (Å²) >= 11 is 6.10. The second kappa shape index (κ2) is 7.48. The topological polar surface area (TPSA) is 29.3 Å². The molecule has 122 valence electrons. The molecule has 1 saturated heterocycles. The van der Waals surface area contributed by atoms with Crippen molar-refractivity contribution in [1.82, 2.24) is 4.90 Å². The van der Waals surface area contributed by atoms with Crippen molar-refractivity contribution in [3.8, 4) is 0 Å². The molecule has 23 heavy (non-hydrogen) atoms. The van der Waals surface area contributed by atoms with E-state index < -0.39 is 0 Å². The van der Waals surface area contributed by atoms with Crippen LogP contribution >= 0.6 is 11.6 Å². The standard InChI is InChI=1S/C20H25ClN2/c1-15-5-7-16(8-6-15)12-23-13-18(11-20(22)14-23)9-17-3-2-4-19(21)10-17/h2-8,10,18,20H,9,11-14,22H2,1H3. The van der Waals surface area contributed by atoms with Gasteiger partial charge in [0.05, 0.1) is 0 Å². The maximum atomic E-state index is 6.31. The Labute approximate surface area is 144 Å². The van der Waals surface area contributed by atoms with E-state index in [1.165, 1.54) is 16.7 Å². The Kier molecular flexibility index (Phi) is 5.37. The van der Waals surface area contributed by atoms with E-state index in [0.717, 1.165) is 37.5 Å². The second-order valence-electron chi connectivity index (χ2n) is 6.88. The van der Waals surface area contributed by atoms with Gasteiger partial charge in [0.15, 0.2) is 0 Å². The van der Waals surface area contributed by atoms with Crippen LogP contribution < -0.4 is 5.73 Å². The lowest BCUT2D eigenvalue weighted by molar-refractivity contribution is 0.149. The van der Waals surface area contributed by atoms with Crippen molar-refractivity contribution >= 4 is 11.6 Å². The minimum Gasteiger partial charge on any atom is -0.327 e. The molecule has 2 aromatic rings. The van der Waals surface area contributed by atoms with E-state index in [2.05, 4.69) is 48.2 Å². The maximum Gasteiger partial charge on any atom is 0.0408 e. The van der Waals surface area contributed by atoms with Crippen LogP contribution in [0, 0.1) is 12.8 Å². The number of nitrogens with two attached hydrogens (primary N) is 1. The molecule has 2 aromatic carbocycles. The van der Waals surface area contributed by atoms with E-state index in [1.54, 1.807) is 0 Å². The van der Waals surface area contributed by atoms with Crippen LogP contribution in [0.2, 0.25) is 5.02 Å². The highest BCUT2D eigenvalue weighted by Gasteiger charge is 2.25. The van der Waals surface area contributed by atoms with Crippen LogP contribution in [-0.4, -0.2) is 24.0 Å². The summed E-state index contributed by atoms with van der Waals surface area (Å²) in [6.45, 7) is 5.20. The van der Waals surface area contributed by atoms with Gasteiger partial charge in [-0.2, -0.15) is 0 Å². The Morgan fingerprint density at radius 2 is 1.87 bits per heavy atom. The lowest BCUT2D eigenvalue weighted by atomic mass is 9.89. The number of hydrogen-bond acceptors (Lipinski definition) is 2. The molecule has 0 spiro atoms. The third-order valence-electron chi connectivity index (χ3n) is 4.59. The average Bonchev–Trinajstić information content (AvgIpc) is 2.49. The van der Waals surface area contributed by atoms with Crippen LogP contribution in [0.4, 0.5) is 0 Å². The fraction of sp³-hybridized carbons (Fsp3) is 0.400. The smallest absolute Gasteiger partial charge is 0.0408 e. The van der Waals surface area contributed by atoms with Crippen LogP contribution in [0.15, 0.2) is 48.5 Å². The van der Waals surface area contributed by atoms with Crippen molar-refractivity contribution in [2.45, 2.75) is 32.4 Å². The molecule has 0 saturated carbocycles. The molecule has 0 aromatic heterocycles. The van der Waals surface area contributed by atoms with Gasteiger partial charge in [-0.05, 0) is 48.9 Å². The second-order valence-corrected chi connectivity index (χ2v) is 7.31. The van der Waals surface area contributed by atoms with Gasteiger partial charge >= 0.3 is 0 Å². The van der Waals surface area contributed by atoms with Crippen LogP contribution in [0.25, 0.3) is 0 Å². The first-order valence-electron chi connectivity index (χ1n) is 8.36. The van der Waals surface area contributed by atoms with E-state index in [9.17, 15) is 0 Å². The monoisotopic (exact) mass is 328 g/mol. The predicted molar refractivity (Wildman–Crippen MR) is 97.7 cm³/mol. The molecular weight excluding hydrogens is 304 g/mol. The Morgan fingerprint density at radius 1 is 1.09 bits per heavy atom. The van der Waals surface area contributed by atoms with Crippen molar-refractivity contribution in [2.24, 2.45) is 11.7 Å². The fourth-order valence-corrected chi connectivity index (χ4v) is 3.79. The first-order valence-corrected chi connectivity index (χ1v) is 8.74. The maximum absolute atomic E-state index is 6.31. The lowest BCUT2D eigenvalue weighted by Crippen LogP contribution is -2.47. The van der Waals surface area contributed by atoms with Gasteiger partial charge < -0.3 is 5.73 Å². The number of piperidine rings is 1. The number of nitrogens with zero attached hydrogens (tertiary/aromatic N) is 1. The first-order chi connectivity index (χ1) is 11.1. The summed E-state index contributed by atoms with van der Waals surface area (Å²) in [6, 6.07) is 17.3. The molecule has 0 aliphatic carbocycles. The fourth-order valence-electron chi connectivity index (χ4n) is 3.57. The van der Waals surface area contributed by atoms with Crippen molar-refractivity contribution in [2.75, 3.05) is 13.1 Å². The molecule has 2 unspecified atom stereocenters. The lowest BCUT2D eigenvalue weighted by Gasteiger charge is -2.36. The molecular formula is C20H25ClN2. The van der Waals surface area contributed by atoms with Gasteiger partial charge in [0.2, 0.25) is 0 Å². The Morgan fingerprint density at radius 3 is 2.61 bits per heavy atom. The molecule has 2 N–H and O–H groups in total. The number of benzene rings is 2. The van der Waals surface area contributed by atoms with Crippen LogP contribution in [0.1, 0.15) is 23.1 Å². The van der Waals surface area contributed by atoms with E-state index in [1.807, 2.05) is 12.1 Å². The molecule has 3 heteroatoms. The minimum atomic E-state index is 0.262. The predicted octanol–water partition coefficient (Wildman–Crippen LogP) is 4.04. The molecule has 0 radical (unpaired) electrons. The summed E-state index contributed by atoms with van der Waals surface area (Å²) in [5.41, 5.74) is 10.3. The quantitative estimate of drug-likeness (QED) is 0.917. The summed E-state index contributed by atoms with van der Waals surface area (Å²) < 4.78 is 0. The highest BCUT2D eigenvalue weighted by atomic mass is 35.5. The van der Waals surface area contributed by atoms with Crippen molar-refractivity contribution < 1.29 is 0 Å². The van der Waals surface area contributed by atoms with E-state index in [4.69, 9.17) is 17.3 Å². The summed E-state index contributed by atoms with van der Waals surface area (Å²) in [4.78, 5) is 2.49. The van der Waals surface area contributed by atoms with Crippen LogP contribution in [0.5, 0.6) is 0 Å². The molecule has 2 atom stereocenters. The number of hydrogen-bond donors (Lipinski definition) is 1. The Balaban J connectivity index is 1.63. The van der Waals surface area contributed by atoms with Gasteiger partial charge in [-0.15, -0.1) is 0 Å². The SMILES string of the molecule is Cc1ccc(CN2CC(N)CC(Cc3cccc(Cl)c3)C2)cc1. The zero-order chi connectivity index (χ0) is 16.2. The molecule has 1 aliphatic rings. The summed E-state index contributed by atoms with van der Waals surface area (Å²) in [5, 5.41) is 0.819. The largest absolute Gasteiger partial charge is 0.327 e. The highest BCUT2D eigenvalue weighted by molar-refractivity contribution is 6.30. The van der Waals surface area contributed by atoms with Gasteiger partial charge in [-0.1, -0.05) is 53.6 Å². The van der Waals surface area contributed by atoms with Gasteiger partial charge in [-0.3, -0.25) is 4.90 Å². The average molecular weight is 329 g/mol. The van der Waals surface area contributed by atoms with E-state index in [0.29, 0.717) is 5.92 Å². The third kappa shape index (κ3) is 4.81. The van der Waals surface area contributed by atoms with Crippen molar-refractivity contribution in [3.05, 3.63) is 70.2 Å². The van der Waals surface area contributed by atoms with Crippen LogP contribution in [-0.2, 0) is 13.0 Å². The Bertz CT molecular complexity index is 638. The molecule has 1 fully saturated rings. The van der Waals surface area contributed by atoms with E-state index >= 15 is 0 Å². The molecule has 0 bridgehead atoms. The molecule has 1 heterocycles. The Hall–Kier alpha value is -1.35. The zero-order valence-corrected chi connectivity index (χ0v) is 14.5. The van der Waals surface area contributed by atoms with Crippen molar-refractivity contribution in [3.63, 3.8) is 0 Å². The van der Waals surface area contributed by atoms with Crippen LogP contribution in [0.3, 0.4) is 0 Å². The molecule has 2 nitrogen and oxygen atoms in total. The summed E-state index contributed by atoms with van der Waals surface area (Å²) in [5.74, 6) is 0.600. The van der Waals surface area contributed by atoms with Gasteiger partial charge in [0.25, 0.3) is 0 Å². The normalized spacial score (nSPS) is 22.2. The molecule has 3 rings (SSSR count). The molecule has 0 amide bonds. The van der Waals surface area contributed by atoms with E-state index in [-0.39, 0.29) is 6.04 Å². The number of halogens is 1. The van der Waals surface area contributed by atoms with Gasteiger partial charge in [0, 0.05) is 30.7 Å². The summed E-state index contributed by atoms with van der Waals surface area (Å²) in [6.07, 6.45) is 2.15. The minimum absolute atomic E-state index is 0.262. The highest BCUT2D eigenvalue weighted by Crippen LogP contribution is 2.23. The number of rotatable bonds is 4. The van der Waals surface area contributed by atoms with Gasteiger partial charge in [0.1, 0.15) is 0 Å². The summed E-state index contributed by atoms with van der Waals surface area (Å²) in [7, 11) is 0. The number of likely N-dealkylation sites (tertiary alicyclic amines) is 1. The molecule has 1 aliphatic heterocycles. The number of aryl methyl sites for hydroxylation is 1. The van der Waals surface area contributed by atoms with Gasteiger partial charge in [-0.25, -0.2) is 0 Å². The zero-order valence-electron chi connectivity index (χ0n) is 13.7. The van der Waals surface area contributed by atoms with Crippen molar-refractivity contribution in [1.29, 1.82) is 0 Å². The third-order valence-corrected chi connectivity index (χ3v) is 4.82.